The van der Waals surface area contributed by atoms with Gasteiger partial charge >= 0.3 is 0 Å². The van der Waals surface area contributed by atoms with Crippen molar-refractivity contribution in [3.63, 3.8) is 0 Å². The van der Waals surface area contributed by atoms with Crippen molar-refractivity contribution in [3.8, 4) is 28.6 Å². The molecule has 9 heteroatoms. The highest BCUT2D eigenvalue weighted by molar-refractivity contribution is 7.99. The molecule has 0 bridgehead atoms. The number of hydrogen-bond acceptors (Lipinski definition) is 7. The van der Waals surface area contributed by atoms with E-state index in [1.54, 1.807) is 22.7 Å². The number of nitrogens with zero attached hydrogens (tertiary/aromatic N) is 4. The number of hydrogen-bond donors (Lipinski definition) is 1. The van der Waals surface area contributed by atoms with Crippen molar-refractivity contribution in [2.45, 2.75) is 65.1 Å². The largest absolute Gasteiger partial charge is 0.316 e. The fourth-order valence-electron chi connectivity index (χ4n) is 5.51. The number of benzene rings is 1. The standard InChI is InChI=1S/C32H35N5OS3/c1-6-15-37-29(25-18-39-20(3)28(25)21-11-9-8-10-12-21)35-36-31(37)40-19-27(38)34-30-24(17-33)23-14-13-22(16-26(23)41-30)32(4,5)7-2/h6,8-12,18,22H,1,7,13-16,19H2,2-5H3,(H,34,38). The molecule has 0 aliphatic heterocycles. The molecule has 1 aliphatic rings. The van der Waals surface area contributed by atoms with E-state index in [2.05, 4.69) is 73.4 Å². The van der Waals surface area contributed by atoms with Gasteiger partial charge < -0.3 is 5.32 Å². The summed E-state index contributed by atoms with van der Waals surface area (Å²) in [6.45, 7) is 13.5. The minimum Gasteiger partial charge on any atom is -0.316 e. The van der Waals surface area contributed by atoms with Gasteiger partial charge in [0.15, 0.2) is 11.0 Å². The normalized spacial score (nSPS) is 14.9. The van der Waals surface area contributed by atoms with E-state index < -0.39 is 0 Å². The summed E-state index contributed by atoms with van der Waals surface area (Å²) < 4.78 is 2.01. The first kappa shape index (κ1) is 29.3. The zero-order valence-electron chi connectivity index (χ0n) is 24.0. The maximum Gasteiger partial charge on any atom is 0.235 e. The molecular formula is C32H35N5OS3. The van der Waals surface area contributed by atoms with Gasteiger partial charge in [-0.05, 0) is 48.6 Å². The Morgan fingerprint density at radius 2 is 2.10 bits per heavy atom. The number of nitrogens with one attached hydrogen (secondary N) is 1. The van der Waals surface area contributed by atoms with Crippen molar-refractivity contribution in [3.05, 3.63) is 69.2 Å². The number of carbonyl (C=O) groups excluding carboxylic acids is 1. The van der Waals surface area contributed by atoms with Gasteiger partial charge in [0.05, 0.1) is 11.3 Å². The van der Waals surface area contributed by atoms with E-state index in [4.69, 9.17) is 0 Å². The minimum atomic E-state index is -0.151. The minimum absolute atomic E-state index is 0.151. The first-order valence-electron chi connectivity index (χ1n) is 13.9. The van der Waals surface area contributed by atoms with Crippen LogP contribution in [-0.2, 0) is 24.2 Å². The molecule has 212 valence electrons. The van der Waals surface area contributed by atoms with E-state index in [1.165, 1.54) is 21.5 Å². The molecule has 1 aliphatic carbocycles. The fraction of sp³-hybridized carbons (Fsp3) is 0.375. The molecule has 0 saturated carbocycles. The molecule has 41 heavy (non-hydrogen) atoms. The van der Waals surface area contributed by atoms with Crippen LogP contribution >= 0.6 is 34.4 Å². The summed E-state index contributed by atoms with van der Waals surface area (Å²) in [6, 6.07) is 12.7. The second-order valence-electron chi connectivity index (χ2n) is 11.1. The third-order valence-electron chi connectivity index (χ3n) is 8.29. The van der Waals surface area contributed by atoms with Gasteiger partial charge in [-0.25, -0.2) is 0 Å². The van der Waals surface area contributed by atoms with Crippen molar-refractivity contribution in [1.82, 2.24) is 14.8 Å². The van der Waals surface area contributed by atoms with Crippen LogP contribution in [0.25, 0.3) is 22.5 Å². The molecule has 1 unspecified atom stereocenters. The number of thioether (sulfide) groups is 1. The number of aromatic nitrogens is 3. The van der Waals surface area contributed by atoms with Crippen LogP contribution in [0, 0.1) is 29.6 Å². The topological polar surface area (TPSA) is 83.6 Å². The summed E-state index contributed by atoms with van der Waals surface area (Å²) >= 11 is 4.61. The van der Waals surface area contributed by atoms with Crippen LogP contribution in [0.1, 0.15) is 54.5 Å². The Morgan fingerprint density at radius 3 is 2.80 bits per heavy atom. The monoisotopic (exact) mass is 601 g/mol. The first-order valence-corrected chi connectivity index (χ1v) is 16.6. The molecule has 1 N–H and O–H groups in total. The van der Waals surface area contributed by atoms with Gasteiger partial charge in [-0.2, -0.15) is 5.26 Å². The summed E-state index contributed by atoms with van der Waals surface area (Å²) in [5, 5.41) is 25.4. The van der Waals surface area contributed by atoms with Crippen LogP contribution in [-0.4, -0.2) is 26.4 Å². The van der Waals surface area contributed by atoms with Gasteiger partial charge in [-0.3, -0.25) is 9.36 Å². The van der Waals surface area contributed by atoms with Gasteiger partial charge in [0.1, 0.15) is 11.1 Å². The summed E-state index contributed by atoms with van der Waals surface area (Å²) in [4.78, 5) is 15.6. The molecule has 0 radical (unpaired) electrons. The molecule has 6 nitrogen and oxygen atoms in total. The van der Waals surface area contributed by atoms with Crippen molar-refractivity contribution in [2.24, 2.45) is 11.3 Å². The summed E-state index contributed by atoms with van der Waals surface area (Å²) in [6.07, 6.45) is 5.90. The second kappa shape index (κ2) is 12.4. The molecular weight excluding hydrogens is 567 g/mol. The quantitative estimate of drug-likeness (QED) is 0.146. The van der Waals surface area contributed by atoms with Gasteiger partial charge in [0, 0.05) is 32.8 Å². The maximum atomic E-state index is 13.1. The van der Waals surface area contributed by atoms with Crippen LogP contribution in [0.15, 0.2) is 53.5 Å². The molecule has 5 rings (SSSR count). The Kier molecular flexibility index (Phi) is 8.83. The van der Waals surface area contributed by atoms with Gasteiger partial charge in [-0.15, -0.1) is 39.4 Å². The average Bonchev–Trinajstić information content (AvgIpc) is 3.66. The molecule has 1 atom stereocenters. The Labute approximate surface area is 254 Å². The van der Waals surface area contributed by atoms with Crippen LogP contribution in [0.3, 0.4) is 0 Å². The number of aryl methyl sites for hydroxylation is 1. The van der Waals surface area contributed by atoms with Gasteiger partial charge in [0.2, 0.25) is 5.91 Å². The third kappa shape index (κ3) is 5.92. The van der Waals surface area contributed by atoms with Crippen molar-refractivity contribution in [2.75, 3.05) is 11.1 Å². The van der Waals surface area contributed by atoms with E-state index in [0.717, 1.165) is 53.8 Å². The number of rotatable bonds is 10. The van der Waals surface area contributed by atoms with E-state index in [9.17, 15) is 10.1 Å². The van der Waals surface area contributed by atoms with E-state index in [0.29, 0.717) is 28.2 Å². The Bertz CT molecular complexity index is 1610. The maximum absolute atomic E-state index is 13.1. The SMILES string of the molecule is C=CCn1c(SCC(=O)Nc2sc3c(c2C#N)CCC(C(C)(C)CC)C3)nnc1-c1csc(C)c1-c1ccccc1. The second-order valence-corrected chi connectivity index (χ2v) is 14.2. The highest BCUT2D eigenvalue weighted by Gasteiger charge is 2.34. The van der Waals surface area contributed by atoms with Crippen LogP contribution in [0.4, 0.5) is 5.00 Å². The Balaban J connectivity index is 1.33. The number of anilines is 1. The smallest absolute Gasteiger partial charge is 0.235 e. The van der Waals surface area contributed by atoms with E-state index in [-0.39, 0.29) is 17.1 Å². The number of carbonyl (C=O) groups is 1. The van der Waals surface area contributed by atoms with Crippen molar-refractivity contribution in [1.29, 1.82) is 5.26 Å². The van der Waals surface area contributed by atoms with Crippen LogP contribution < -0.4 is 5.32 Å². The summed E-state index contributed by atoms with van der Waals surface area (Å²) in [5.41, 5.74) is 5.33. The van der Waals surface area contributed by atoms with Crippen LogP contribution in [0.5, 0.6) is 0 Å². The Hall–Kier alpha value is -3.19. The Morgan fingerprint density at radius 1 is 1.32 bits per heavy atom. The number of fused-ring (bicyclic) bond motifs is 1. The predicted molar refractivity (Wildman–Crippen MR) is 172 cm³/mol. The molecule has 3 heterocycles. The third-order valence-corrected chi connectivity index (χ3v) is 11.3. The summed E-state index contributed by atoms with van der Waals surface area (Å²) in [5.74, 6) is 1.37. The zero-order chi connectivity index (χ0) is 29.1. The lowest BCUT2D eigenvalue weighted by Gasteiger charge is -2.36. The molecule has 1 aromatic carbocycles. The lowest BCUT2D eigenvalue weighted by Crippen LogP contribution is -2.28. The summed E-state index contributed by atoms with van der Waals surface area (Å²) in [7, 11) is 0. The number of thiophene rings is 2. The number of amides is 1. The van der Waals surface area contributed by atoms with Crippen LogP contribution in [0.2, 0.25) is 0 Å². The van der Waals surface area contributed by atoms with Gasteiger partial charge in [-0.1, -0.05) is 75.4 Å². The molecule has 3 aromatic heterocycles. The average molecular weight is 602 g/mol. The number of nitriles is 1. The van der Waals surface area contributed by atoms with E-state index in [1.807, 2.05) is 28.8 Å². The zero-order valence-corrected chi connectivity index (χ0v) is 26.4. The highest BCUT2D eigenvalue weighted by atomic mass is 32.2. The number of allylic oxidation sites excluding steroid dienone is 1. The van der Waals surface area contributed by atoms with Crippen molar-refractivity contribution >= 4 is 45.3 Å². The molecule has 0 fully saturated rings. The van der Waals surface area contributed by atoms with E-state index >= 15 is 0 Å². The molecule has 4 aromatic rings. The fourth-order valence-corrected chi connectivity index (χ4v) is 8.42. The van der Waals surface area contributed by atoms with Crippen molar-refractivity contribution < 1.29 is 4.79 Å². The molecule has 0 spiro atoms. The molecule has 1 amide bonds. The highest BCUT2D eigenvalue weighted by Crippen LogP contribution is 2.45. The predicted octanol–water partition coefficient (Wildman–Crippen LogP) is 8.37. The van der Waals surface area contributed by atoms with Gasteiger partial charge in [0.25, 0.3) is 0 Å². The lowest BCUT2D eigenvalue weighted by molar-refractivity contribution is -0.113. The first-order chi connectivity index (χ1) is 19.8. The molecule has 0 saturated heterocycles. The lowest BCUT2D eigenvalue weighted by atomic mass is 9.69.